The lowest BCUT2D eigenvalue weighted by Crippen LogP contribution is -2.61. The van der Waals surface area contributed by atoms with E-state index < -0.39 is 126 Å². The van der Waals surface area contributed by atoms with Crippen LogP contribution in [0.25, 0.3) is 0 Å². The fourth-order valence-electron chi connectivity index (χ4n) is 8.19. The molecular weight excluding hydrogens is 1040 g/mol. The third-order valence-corrected chi connectivity index (χ3v) is 13.4. The van der Waals surface area contributed by atoms with Crippen LogP contribution in [-0.4, -0.2) is 153 Å². The van der Waals surface area contributed by atoms with Gasteiger partial charge in [-0.1, -0.05) is 72.2 Å². The van der Waals surface area contributed by atoms with Gasteiger partial charge in [0.05, 0.1) is 6.54 Å². The Balaban J connectivity index is 2.49. The van der Waals surface area contributed by atoms with Gasteiger partial charge in [-0.3, -0.25) is 43.2 Å². The van der Waals surface area contributed by atoms with Gasteiger partial charge >= 0.3 is 11.9 Å². The molecule has 0 aromatic heterocycles. The molecule has 79 heavy (non-hydrogen) atoms. The number of rotatable bonds is 37. The van der Waals surface area contributed by atoms with Gasteiger partial charge in [-0.05, 0) is 117 Å². The summed E-state index contributed by atoms with van der Waals surface area (Å²) in [5, 5.41) is 60.2. The Hall–Kier alpha value is -6.99. The minimum Gasteiger partial charge on any atom is -0.508 e. The van der Waals surface area contributed by atoms with Crippen molar-refractivity contribution in [3.05, 3.63) is 59.7 Å². The van der Waals surface area contributed by atoms with E-state index in [1.54, 1.807) is 34.0 Å². The molecule has 0 heterocycles. The first-order chi connectivity index (χ1) is 37.3. The summed E-state index contributed by atoms with van der Waals surface area (Å²) in [6.45, 7) is 10.4. The predicted molar refractivity (Wildman–Crippen MR) is 297 cm³/mol. The molecule has 0 aliphatic carbocycles. The molecule has 8 amide bonds. The Kier molecular flexibility index (Phi) is 30.6. The molecule has 16 N–H and O–H groups in total. The van der Waals surface area contributed by atoms with Crippen LogP contribution in [-0.2, 0) is 60.8 Å². The van der Waals surface area contributed by atoms with Crippen LogP contribution < -0.4 is 54.0 Å². The molecule has 2 aromatic carbocycles. The lowest BCUT2D eigenvalue weighted by Gasteiger charge is -2.30. The van der Waals surface area contributed by atoms with Gasteiger partial charge in [0.15, 0.2) is 0 Å². The molecule has 0 saturated heterocycles. The van der Waals surface area contributed by atoms with Crippen LogP contribution in [0.4, 0.5) is 0 Å². The highest BCUT2D eigenvalue weighted by atomic mass is 32.2. The highest BCUT2D eigenvalue weighted by molar-refractivity contribution is 7.98. The molecule has 440 valence electrons. The Bertz CT molecular complexity index is 2320. The van der Waals surface area contributed by atoms with Crippen LogP contribution in [0, 0.1) is 17.8 Å². The van der Waals surface area contributed by atoms with Crippen molar-refractivity contribution >= 4 is 71.0 Å². The number of hydrogen-bond donors (Lipinski definition) is 14. The van der Waals surface area contributed by atoms with Crippen molar-refractivity contribution in [1.82, 2.24) is 42.5 Å². The van der Waals surface area contributed by atoms with Crippen LogP contribution in [0.1, 0.15) is 110 Å². The molecule has 0 saturated carbocycles. The van der Waals surface area contributed by atoms with Crippen molar-refractivity contribution in [2.24, 2.45) is 29.2 Å². The molecule has 2 rings (SSSR count). The first kappa shape index (κ1) is 68.1. The Morgan fingerprint density at radius 2 is 0.911 bits per heavy atom. The van der Waals surface area contributed by atoms with Gasteiger partial charge in [0, 0.05) is 19.3 Å². The van der Waals surface area contributed by atoms with E-state index in [1.807, 2.05) is 13.8 Å². The molecule has 9 atom stereocenters. The summed E-state index contributed by atoms with van der Waals surface area (Å²) in [7, 11) is 0. The first-order valence-electron chi connectivity index (χ1n) is 26.6. The maximum atomic E-state index is 14.5. The molecular formula is C54H84N10O14S. The minimum absolute atomic E-state index is 0.0228. The zero-order chi connectivity index (χ0) is 59.4. The monoisotopic (exact) mass is 1130 g/mol. The first-order valence-corrected chi connectivity index (χ1v) is 28.0. The lowest BCUT2D eigenvalue weighted by molar-refractivity contribution is -0.142. The SMILES string of the molecule is CC[C@H](C)[C@H](NC(=O)[C@H](CCSC)NC(=O)[C@H](CCCCN)NC(=O)[C@H](Cc1ccc(O)cc1)NC(=O)[C@H](CC(C)C)NC(=O)[C@H](CCC(=O)O)NC(=O)CN)C(=O)N[C@@H](CC(C)C)C(=O)N[C@@H](Cc1ccc(O)cc1)C(=O)O. The van der Waals surface area contributed by atoms with Crippen molar-refractivity contribution < 1.29 is 68.4 Å². The molecule has 0 aliphatic rings. The number of phenolic OH excluding ortho intramolecular Hbond substituents is 2. The number of nitrogens with one attached hydrogen (secondary N) is 8. The highest BCUT2D eigenvalue weighted by Crippen LogP contribution is 2.17. The number of carbonyl (C=O) groups excluding carboxylic acids is 8. The molecule has 0 fully saturated rings. The van der Waals surface area contributed by atoms with Crippen LogP contribution >= 0.6 is 11.8 Å². The summed E-state index contributed by atoms with van der Waals surface area (Å²) in [6.07, 6.45) is 2.08. The van der Waals surface area contributed by atoms with Gasteiger partial charge < -0.3 is 74.4 Å². The van der Waals surface area contributed by atoms with Gasteiger partial charge in [0.25, 0.3) is 0 Å². The number of amides is 8. The fourth-order valence-corrected chi connectivity index (χ4v) is 8.66. The standard InChI is InChI=1S/C54H84N10O14S/c1-8-32(6)46(53(76)62-41(26-31(4)5)51(74)63-43(54(77)78)28-34-14-18-36(66)19-15-34)64-49(72)39(22-24-79-7)59-47(70)37(11-9-10-23-55)58-52(75)42(27-33-12-16-35(65)17-13-33)61-50(73)40(25-30(2)3)60-48(71)38(20-21-45(68)69)57-44(67)29-56/h12-19,30-32,37-43,46,65-66H,8-11,20-29,55-56H2,1-7H3,(H,57,67)(H,58,75)(H,59,70)(H,60,71)(H,61,73)(H,62,76)(H,63,74)(H,64,72)(H,68,69)(H,77,78)/t32-,37-,38-,39-,40-,41-,42-,43-,46-/m0/s1. The van der Waals surface area contributed by atoms with Gasteiger partial charge in [-0.2, -0.15) is 11.8 Å². The van der Waals surface area contributed by atoms with Gasteiger partial charge in [0.2, 0.25) is 47.3 Å². The average Bonchev–Trinajstić information content (AvgIpc) is 3.39. The van der Waals surface area contributed by atoms with Gasteiger partial charge in [-0.15, -0.1) is 0 Å². The van der Waals surface area contributed by atoms with Crippen molar-refractivity contribution in [3.63, 3.8) is 0 Å². The van der Waals surface area contributed by atoms with Crippen molar-refractivity contribution in [2.45, 2.75) is 161 Å². The number of carboxylic acids is 2. The van der Waals surface area contributed by atoms with Crippen LogP contribution in [0.15, 0.2) is 48.5 Å². The van der Waals surface area contributed by atoms with E-state index in [4.69, 9.17) is 11.5 Å². The smallest absolute Gasteiger partial charge is 0.326 e. The number of hydrogen-bond acceptors (Lipinski definition) is 15. The number of phenols is 2. The molecule has 25 heteroatoms. The number of unbranched alkanes of at least 4 members (excludes halogenated alkanes) is 1. The molecule has 0 spiro atoms. The summed E-state index contributed by atoms with van der Waals surface area (Å²) < 4.78 is 0. The van der Waals surface area contributed by atoms with Crippen LogP contribution in [0.3, 0.4) is 0 Å². The number of aromatic hydroxyl groups is 2. The molecule has 0 radical (unpaired) electrons. The number of carbonyl (C=O) groups is 10. The number of benzene rings is 2. The van der Waals surface area contributed by atoms with Crippen molar-refractivity contribution in [2.75, 3.05) is 25.1 Å². The molecule has 2 aromatic rings. The topological polar surface area (TPSA) is 400 Å². The molecule has 0 unspecified atom stereocenters. The molecule has 24 nitrogen and oxygen atoms in total. The van der Waals surface area contributed by atoms with E-state index in [9.17, 15) is 68.4 Å². The lowest BCUT2D eigenvalue weighted by atomic mass is 9.96. The minimum atomic E-state index is -1.42. The van der Waals surface area contributed by atoms with E-state index in [0.29, 0.717) is 36.1 Å². The van der Waals surface area contributed by atoms with E-state index in [0.717, 1.165) is 0 Å². The summed E-state index contributed by atoms with van der Waals surface area (Å²) >= 11 is 1.38. The normalized spacial score (nSPS) is 14.6. The second-order valence-electron chi connectivity index (χ2n) is 20.4. The molecule has 0 bridgehead atoms. The maximum Gasteiger partial charge on any atom is 0.326 e. The van der Waals surface area contributed by atoms with Crippen molar-refractivity contribution in [1.29, 1.82) is 0 Å². The Labute approximate surface area is 466 Å². The summed E-state index contributed by atoms with van der Waals surface area (Å²) in [4.78, 5) is 135. The van der Waals surface area contributed by atoms with Crippen LogP contribution in [0.5, 0.6) is 11.5 Å². The third kappa shape index (κ3) is 25.6. The third-order valence-electron chi connectivity index (χ3n) is 12.8. The van der Waals surface area contributed by atoms with E-state index in [2.05, 4.69) is 42.5 Å². The molecule has 0 aliphatic heterocycles. The maximum absolute atomic E-state index is 14.5. The Morgan fingerprint density at radius 1 is 0.506 bits per heavy atom. The largest absolute Gasteiger partial charge is 0.508 e. The van der Waals surface area contributed by atoms with Gasteiger partial charge in [0.1, 0.15) is 59.8 Å². The summed E-state index contributed by atoms with van der Waals surface area (Å²) in [6, 6.07) is 1.08. The zero-order valence-corrected chi connectivity index (χ0v) is 47.1. The quantitative estimate of drug-likeness (QED) is 0.0414. The van der Waals surface area contributed by atoms with Gasteiger partial charge in [-0.25, -0.2) is 4.79 Å². The van der Waals surface area contributed by atoms with E-state index >= 15 is 0 Å². The number of aliphatic carboxylic acids is 2. The fraction of sp³-hybridized carbons (Fsp3) is 0.593. The van der Waals surface area contributed by atoms with Crippen LogP contribution in [0.2, 0.25) is 0 Å². The van der Waals surface area contributed by atoms with E-state index in [1.165, 1.54) is 60.3 Å². The summed E-state index contributed by atoms with van der Waals surface area (Å²) in [5.41, 5.74) is 12.2. The second-order valence-corrected chi connectivity index (χ2v) is 21.4. The Morgan fingerprint density at radius 3 is 1.35 bits per heavy atom. The average molecular weight is 1130 g/mol. The predicted octanol–water partition coefficient (Wildman–Crippen LogP) is 0.690. The second kappa shape index (κ2) is 35.5. The zero-order valence-electron chi connectivity index (χ0n) is 46.3. The van der Waals surface area contributed by atoms with E-state index in [-0.39, 0.29) is 74.8 Å². The number of carboxylic acid groups (broad SMARTS) is 2. The highest BCUT2D eigenvalue weighted by Gasteiger charge is 2.36. The number of thioether (sulfide) groups is 1. The number of nitrogens with two attached hydrogens (primary N) is 2. The summed E-state index contributed by atoms with van der Waals surface area (Å²) in [5.74, 6) is -9.49. The van der Waals surface area contributed by atoms with Crippen molar-refractivity contribution in [3.8, 4) is 11.5 Å².